The van der Waals surface area contributed by atoms with Crippen LogP contribution in [0.4, 0.5) is 0 Å². The molecule has 0 bridgehead atoms. The van der Waals surface area contributed by atoms with E-state index in [4.69, 9.17) is 4.74 Å². The number of rotatable bonds is 5. The molecule has 1 heterocycles. The van der Waals surface area contributed by atoms with Crippen LogP contribution in [-0.2, 0) is 6.54 Å². The second kappa shape index (κ2) is 6.92. The topological polar surface area (TPSA) is 24.5 Å². The summed E-state index contributed by atoms with van der Waals surface area (Å²) in [6.45, 7) is 9.00. The highest BCUT2D eigenvalue weighted by Gasteiger charge is 2.22. The largest absolute Gasteiger partial charge is 0.497 e. The monoisotopic (exact) mass is 262 g/mol. The van der Waals surface area contributed by atoms with Crippen molar-refractivity contribution in [3.63, 3.8) is 0 Å². The van der Waals surface area contributed by atoms with Gasteiger partial charge in [-0.2, -0.15) is 0 Å². The minimum Gasteiger partial charge on any atom is -0.497 e. The molecule has 1 fully saturated rings. The highest BCUT2D eigenvalue weighted by Crippen LogP contribution is 2.17. The lowest BCUT2D eigenvalue weighted by molar-refractivity contribution is 0.162. The van der Waals surface area contributed by atoms with Crippen LogP contribution in [-0.4, -0.2) is 37.7 Å². The first-order chi connectivity index (χ1) is 9.22. The quantitative estimate of drug-likeness (QED) is 0.882. The molecule has 0 amide bonds. The minimum absolute atomic E-state index is 0.629. The predicted octanol–water partition coefficient (Wildman–Crippen LogP) is 2.52. The van der Waals surface area contributed by atoms with Gasteiger partial charge in [0.15, 0.2) is 0 Å². The summed E-state index contributed by atoms with van der Waals surface area (Å²) in [5, 5.41) is 3.64. The number of ether oxygens (including phenoxy) is 1. The lowest BCUT2D eigenvalue weighted by Crippen LogP contribution is -2.52. The summed E-state index contributed by atoms with van der Waals surface area (Å²) in [7, 11) is 1.73. The summed E-state index contributed by atoms with van der Waals surface area (Å²) < 4.78 is 5.29. The van der Waals surface area contributed by atoms with E-state index in [1.807, 2.05) is 6.07 Å². The molecule has 1 aliphatic rings. The molecule has 0 radical (unpaired) electrons. The molecular formula is C16H26N2O. The van der Waals surface area contributed by atoms with Crippen molar-refractivity contribution in [2.75, 3.05) is 26.7 Å². The van der Waals surface area contributed by atoms with E-state index in [0.29, 0.717) is 6.04 Å². The smallest absolute Gasteiger partial charge is 0.119 e. The van der Waals surface area contributed by atoms with Gasteiger partial charge in [-0.25, -0.2) is 0 Å². The first kappa shape index (κ1) is 14.4. The Bertz CT molecular complexity index is 394. The molecule has 2 atom stereocenters. The van der Waals surface area contributed by atoms with E-state index in [-0.39, 0.29) is 0 Å². The van der Waals surface area contributed by atoms with Crippen molar-refractivity contribution < 1.29 is 4.74 Å². The summed E-state index contributed by atoms with van der Waals surface area (Å²) >= 11 is 0. The lowest BCUT2D eigenvalue weighted by Gasteiger charge is -2.36. The molecule has 106 valence electrons. The van der Waals surface area contributed by atoms with Gasteiger partial charge in [-0.15, -0.1) is 0 Å². The van der Waals surface area contributed by atoms with E-state index in [9.17, 15) is 0 Å². The van der Waals surface area contributed by atoms with E-state index in [1.165, 1.54) is 12.0 Å². The number of nitrogens with one attached hydrogen (secondary N) is 1. The Morgan fingerprint density at radius 3 is 3.05 bits per heavy atom. The van der Waals surface area contributed by atoms with E-state index in [2.05, 4.69) is 42.3 Å². The number of hydrogen-bond acceptors (Lipinski definition) is 3. The zero-order chi connectivity index (χ0) is 13.7. The van der Waals surface area contributed by atoms with Crippen LogP contribution in [0.15, 0.2) is 24.3 Å². The van der Waals surface area contributed by atoms with Crippen LogP contribution in [0.25, 0.3) is 0 Å². The SMILES string of the molecule is CCC(C)C1CN(Cc2cccc(OC)c2)CCN1. The number of hydrogen-bond donors (Lipinski definition) is 1. The van der Waals surface area contributed by atoms with E-state index in [0.717, 1.165) is 37.8 Å². The average molecular weight is 262 g/mol. The summed E-state index contributed by atoms with van der Waals surface area (Å²) in [4.78, 5) is 2.54. The van der Waals surface area contributed by atoms with E-state index >= 15 is 0 Å². The summed E-state index contributed by atoms with van der Waals surface area (Å²) in [6, 6.07) is 9.03. The first-order valence-corrected chi connectivity index (χ1v) is 7.31. The van der Waals surface area contributed by atoms with Crippen molar-refractivity contribution in [1.29, 1.82) is 0 Å². The third kappa shape index (κ3) is 3.95. The molecule has 19 heavy (non-hydrogen) atoms. The van der Waals surface area contributed by atoms with Gasteiger partial charge >= 0.3 is 0 Å². The second-order valence-corrected chi connectivity index (χ2v) is 5.53. The Labute approximate surface area is 116 Å². The van der Waals surface area contributed by atoms with E-state index in [1.54, 1.807) is 7.11 Å². The maximum atomic E-state index is 5.29. The van der Waals surface area contributed by atoms with Gasteiger partial charge in [0.1, 0.15) is 5.75 Å². The Kier molecular flexibility index (Phi) is 5.23. The van der Waals surface area contributed by atoms with Crippen LogP contribution in [0.5, 0.6) is 5.75 Å². The summed E-state index contributed by atoms with van der Waals surface area (Å²) in [5.41, 5.74) is 1.34. The fourth-order valence-corrected chi connectivity index (χ4v) is 2.68. The number of piperazine rings is 1. The first-order valence-electron chi connectivity index (χ1n) is 7.31. The molecule has 1 aliphatic heterocycles. The minimum atomic E-state index is 0.629. The van der Waals surface area contributed by atoms with Crippen LogP contribution in [0.3, 0.4) is 0 Å². The molecule has 0 aromatic heterocycles. The predicted molar refractivity (Wildman–Crippen MR) is 79.5 cm³/mol. The van der Waals surface area contributed by atoms with Crippen molar-refractivity contribution in [2.24, 2.45) is 5.92 Å². The molecule has 1 aromatic carbocycles. The number of methoxy groups -OCH3 is 1. The Morgan fingerprint density at radius 2 is 2.32 bits per heavy atom. The maximum Gasteiger partial charge on any atom is 0.119 e. The molecular weight excluding hydrogens is 236 g/mol. The molecule has 2 unspecified atom stereocenters. The van der Waals surface area contributed by atoms with Crippen LogP contribution < -0.4 is 10.1 Å². The van der Waals surface area contributed by atoms with Gasteiger partial charge in [-0.1, -0.05) is 32.4 Å². The zero-order valence-corrected chi connectivity index (χ0v) is 12.4. The Balaban J connectivity index is 1.94. The van der Waals surface area contributed by atoms with Gasteiger partial charge in [0.25, 0.3) is 0 Å². The van der Waals surface area contributed by atoms with Gasteiger partial charge in [0, 0.05) is 32.2 Å². The van der Waals surface area contributed by atoms with Gasteiger partial charge in [-0.3, -0.25) is 4.90 Å². The van der Waals surface area contributed by atoms with Gasteiger partial charge in [0.2, 0.25) is 0 Å². The molecule has 3 nitrogen and oxygen atoms in total. The average Bonchev–Trinajstić information content (AvgIpc) is 2.47. The third-order valence-corrected chi connectivity index (χ3v) is 4.16. The molecule has 1 N–H and O–H groups in total. The third-order valence-electron chi connectivity index (χ3n) is 4.16. The standard InChI is InChI=1S/C16H26N2O/c1-4-13(2)16-12-18(9-8-17-16)11-14-6-5-7-15(10-14)19-3/h5-7,10,13,16-17H,4,8-9,11-12H2,1-3H3. The molecule has 3 heteroatoms. The Morgan fingerprint density at radius 1 is 1.47 bits per heavy atom. The van der Waals surface area contributed by atoms with Gasteiger partial charge in [0.05, 0.1) is 7.11 Å². The van der Waals surface area contributed by atoms with Gasteiger partial charge in [-0.05, 0) is 23.6 Å². The molecule has 1 saturated heterocycles. The highest BCUT2D eigenvalue weighted by molar-refractivity contribution is 5.28. The van der Waals surface area contributed by atoms with Crippen molar-refractivity contribution in [2.45, 2.75) is 32.9 Å². The number of nitrogens with zero attached hydrogens (tertiary/aromatic N) is 1. The fourth-order valence-electron chi connectivity index (χ4n) is 2.68. The molecule has 0 spiro atoms. The van der Waals surface area contributed by atoms with Crippen LogP contribution in [0, 0.1) is 5.92 Å². The Hall–Kier alpha value is -1.06. The lowest BCUT2D eigenvalue weighted by atomic mass is 9.97. The van der Waals surface area contributed by atoms with Crippen molar-refractivity contribution >= 4 is 0 Å². The molecule has 1 aromatic rings. The fraction of sp³-hybridized carbons (Fsp3) is 0.625. The normalized spacial score (nSPS) is 22.2. The summed E-state index contributed by atoms with van der Waals surface area (Å²) in [6.07, 6.45) is 1.24. The molecule has 0 saturated carbocycles. The maximum absolute atomic E-state index is 5.29. The van der Waals surface area contributed by atoms with Crippen molar-refractivity contribution in [3.05, 3.63) is 29.8 Å². The van der Waals surface area contributed by atoms with Gasteiger partial charge < -0.3 is 10.1 Å². The van der Waals surface area contributed by atoms with Crippen LogP contribution in [0.1, 0.15) is 25.8 Å². The molecule has 0 aliphatic carbocycles. The van der Waals surface area contributed by atoms with Crippen molar-refractivity contribution in [1.82, 2.24) is 10.2 Å². The van der Waals surface area contributed by atoms with Crippen LogP contribution in [0.2, 0.25) is 0 Å². The molecule has 2 rings (SSSR count). The second-order valence-electron chi connectivity index (χ2n) is 5.53. The highest BCUT2D eigenvalue weighted by atomic mass is 16.5. The van der Waals surface area contributed by atoms with Crippen LogP contribution >= 0.6 is 0 Å². The zero-order valence-electron chi connectivity index (χ0n) is 12.4. The summed E-state index contributed by atoms with van der Waals surface area (Å²) in [5.74, 6) is 1.69. The van der Waals surface area contributed by atoms with E-state index < -0.39 is 0 Å². The number of benzene rings is 1. The van der Waals surface area contributed by atoms with Crippen molar-refractivity contribution in [3.8, 4) is 5.75 Å².